The molecule has 4 rings (SSSR count). The summed E-state index contributed by atoms with van der Waals surface area (Å²) >= 11 is 0. The van der Waals surface area contributed by atoms with Gasteiger partial charge in [0, 0.05) is 24.9 Å². The van der Waals surface area contributed by atoms with Crippen molar-refractivity contribution in [1.29, 1.82) is 0 Å². The standard InChI is InChI=1S/C30H31F2NO6S/c1-3-37-28(34)19-33(13-5-15-40(2,35)36)18-21-6-4-7-22(16-21)20-39-24-10-8-23(9-11-24)26-17-27(31)29(32)25-12-14-38-30(25)26/h4,6-12,14,16-17H,3,5,13,15,18-20H2,1-2H3. The molecule has 4 aromatic rings. The summed E-state index contributed by atoms with van der Waals surface area (Å²) in [5, 5.41) is 0.0893. The van der Waals surface area contributed by atoms with Crippen LogP contribution in [0.3, 0.4) is 0 Å². The van der Waals surface area contributed by atoms with E-state index in [0.717, 1.165) is 17.2 Å². The van der Waals surface area contributed by atoms with Gasteiger partial charge in [0.25, 0.3) is 0 Å². The molecule has 0 spiro atoms. The van der Waals surface area contributed by atoms with Crippen LogP contribution in [0.15, 0.2) is 71.3 Å². The Bertz CT molecular complexity index is 1570. The lowest BCUT2D eigenvalue weighted by molar-refractivity contribution is -0.144. The number of carbonyl (C=O) groups is 1. The molecule has 7 nitrogen and oxygen atoms in total. The summed E-state index contributed by atoms with van der Waals surface area (Å²) in [6.07, 6.45) is 2.93. The molecule has 0 fully saturated rings. The Morgan fingerprint density at radius 2 is 1.77 bits per heavy atom. The smallest absolute Gasteiger partial charge is 0.320 e. The second-order valence-electron chi connectivity index (χ2n) is 9.52. The fourth-order valence-electron chi connectivity index (χ4n) is 4.42. The van der Waals surface area contributed by atoms with Crippen molar-refractivity contribution in [2.45, 2.75) is 26.5 Å². The third-order valence-electron chi connectivity index (χ3n) is 6.24. The predicted octanol–water partition coefficient (Wildman–Crippen LogP) is 5.76. The highest BCUT2D eigenvalue weighted by Crippen LogP contribution is 2.33. The van der Waals surface area contributed by atoms with Crippen molar-refractivity contribution >= 4 is 26.8 Å². The molecule has 0 saturated carbocycles. The van der Waals surface area contributed by atoms with E-state index in [4.69, 9.17) is 13.9 Å². The molecule has 3 aromatic carbocycles. The van der Waals surface area contributed by atoms with E-state index in [1.165, 1.54) is 18.6 Å². The molecule has 0 saturated heterocycles. The maximum Gasteiger partial charge on any atom is 0.320 e. The zero-order valence-corrected chi connectivity index (χ0v) is 23.2. The first-order valence-corrected chi connectivity index (χ1v) is 14.9. The Labute approximate surface area is 232 Å². The number of hydrogen-bond donors (Lipinski definition) is 0. The van der Waals surface area contributed by atoms with Crippen LogP contribution in [-0.4, -0.2) is 51.0 Å². The predicted molar refractivity (Wildman–Crippen MR) is 149 cm³/mol. The molecular formula is C30H31F2NO6S. The zero-order chi connectivity index (χ0) is 28.7. The van der Waals surface area contributed by atoms with Crippen molar-refractivity contribution in [3.8, 4) is 16.9 Å². The molecule has 0 atom stereocenters. The average Bonchev–Trinajstić information content (AvgIpc) is 3.40. The third kappa shape index (κ3) is 7.89. The number of carbonyl (C=O) groups excluding carboxylic acids is 1. The van der Waals surface area contributed by atoms with Crippen molar-refractivity contribution in [3.63, 3.8) is 0 Å². The van der Waals surface area contributed by atoms with Gasteiger partial charge in [0.15, 0.2) is 11.6 Å². The van der Waals surface area contributed by atoms with Crippen molar-refractivity contribution in [3.05, 3.63) is 89.7 Å². The van der Waals surface area contributed by atoms with Crippen LogP contribution < -0.4 is 4.74 Å². The van der Waals surface area contributed by atoms with E-state index >= 15 is 0 Å². The number of hydrogen-bond acceptors (Lipinski definition) is 7. The fourth-order valence-corrected chi connectivity index (χ4v) is 5.07. The van der Waals surface area contributed by atoms with Crippen molar-refractivity contribution in [1.82, 2.24) is 4.90 Å². The van der Waals surface area contributed by atoms with Crippen LogP contribution >= 0.6 is 0 Å². The van der Waals surface area contributed by atoms with Gasteiger partial charge in [-0.3, -0.25) is 9.69 Å². The summed E-state index contributed by atoms with van der Waals surface area (Å²) in [7, 11) is -3.10. The van der Waals surface area contributed by atoms with Gasteiger partial charge in [-0.05, 0) is 54.3 Å². The summed E-state index contributed by atoms with van der Waals surface area (Å²) in [4.78, 5) is 14.0. The topological polar surface area (TPSA) is 86.0 Å². The molecule has 1 heterocycles. The molecule has 0 amide bonds. The van der Waals surface area contributed by atoms with Crippen LogP contribution in [0, 0.1) is 11.6 Å². The van der Waals surface area contributed by atoms with Crippen LogP contribution in [-0.2, 0) is 32.5 Å². The van der Waals surface area contributed by atoms with E-state index in [0.29, 0.717) is 36.4 Å². The van der Waals surface area contributed by atoms with Gasteiger partial charge in [0.2, 0.25) is 0 Å². The molecule has 0 aliphatic rings. The number of furan rings is 1. The summed E-state index contributed by atoms with van der Waals surface area (Å²) in [5.74, 6) is -1.60. The lowest BCUT2D eigenvalue weighted by Gasteiger charge is -2.21. The van der Waals surface area contributed by atoms with Crippen molar-refractivity contribution < 1.29 is 35.9 Å². The minimum absolute atomic E-state index is 0.0431. The molecule has 40 heavy (non-hydrogen) atoms. The summed E-state index contributed by atoms with van der Waals surface area (Å²) < 4.78 is 67.6. The van der Waals surface area contributed by atoms with E-state index in [-0.39, 0.29) is 42.4 Å². The van der Waals surface area contributed by atoms with Gasteiger partial charge < -0.3 is 13.9 Å². The minimum Gasteiger partial charge on any atom is -0.489 e. The number of rotatable bonds is 13. The molecule has 0 aliphatic carbocycles. The largest absolute Gasteiger partial charge is 0.489 e. The van der Waals surface area contributed by atoms with Gasteiger partial charge in [-0.25, -0.2) is 17.2 Å². The van der Waals surface area contributed by atoms with E-state index in [9.17, 15) is 22.0 Å². The highest BCUT2D eigenvalue weighted by molar-refractivity contribution is 7.90. The molecule has 0 unspecified atom stereocenters. The number of esters is 1. The van der Waals surface area contributed by atoms with Gasteiger partial charge in [-0.15, -0.1) is 0 Å². The highest BCUT2D eigenvalue weighted by Gasteiger charge is 2.16. The Morgan fingerprint density at radius 1 is 1.02 bits per heavy atom. The highest BCUT2D eigenvalue weighted by atomic mass is 32.2. The van der Waals surface area contributed by atoms with Crippen LogP contribution in [0.2, 0.25) is 0 Å². The Morgan fingerprint density at radius 3 is 2.50 bits per heavy atom. The van der Waals surface area contributed by atoms with Crippen LogP contribution in [0.25, 0.3) is 22.1 Å². The number of halogens is 2. The number of fused-ring (bicyclic) bond motifs is 1. The molecule has 0 N–H and O–H groups in total. The molecule has 0 bridgehead atoms. The maximum absolute atomic E-state index is 14.1. The zero-order valence-electron chi connectivity index (χ0n) is 22.4. The summed E-state index contributed by atoms with van der Waals surface area (Å²) in [5.41, 5.74) is 3.23. The summed E-state index contributed by atoms with van der Waals surface area (Å²) in [6, 6.07) is 17.2. The van der Waals surface area contributed by atoms with Gasteiger partial charge in [-0.2, -0.15) is 0 Å². The normalized spacial score (nSPS) is 11.7. The number of sulfone groups is 1. The maximum atomic E-state index is 14.1. The molecule has 10 heteroatoms. The first kappa shape index (κ1) is 29.2. The number of ether oxygens (including phenoxy) is 2. The van der Waals surface area contributed by atoms with E-state index < -0.39 is 21.5 Å². The fraction of sp³-hybridized carbons (Fsp3) is 0.300. The monoisotopic (exact) mass is 571 g/mol. The second-order valence-corrected chi connectivity index (χ2v) is 11.8. The summed E-state index contributed by atoms with van der Waals surface area (Å²) in [6.45, 7) is 3.24. The molecule has 212 valence electrons. The van der Waals surface area contributed by atoms with Gasteiger partial charge in [0.05, 0.1) is 30.6 Å². The SMILES string of the molecule is CCOC(=O)CN(CCCS(C)(=O)=O)Cc1cccc(COc2ccc(-c3cc(F)c(F)c4ccoc34)cc2)c1. The Hall–Kier alpha value is -3.76. The third-order valence-corrected chi connectivity index (χ3v) is 7.27. The van der Waals surface area contributed by atoms with Gasteiger partial charge in [0.1, 0.15) is 27.8 Å². The quantitative estimate of drug-likeness (QED) is 0.189. The van der Waals surface area contributed by atoms with Crippen molar-refractivity contribution in [2.24, 2.45) is 0 Å². The van der Waals surface area contributed by atoms with Crippen molar-refractivity contribution in [2.75, 3.05) is 31.7 Å². The Balaban J connectivity index is 1.40. The van der Waals surface area contributed by atoms with Crippen LogP contribution in [0.4, 0.5) is 8.78 Å². The minimum atomic E-state index is -3.10. The van der Waals surface area contributed by atoms with Crippen LogP contribution in [0.1, 0.15) is 24.5 Å². The number of nitrogens with zero attached hydrogens (tertiary/aromatic N) is 1. The van der Waals surface area contributed by atoms with Crippen LogP contribution in [0.5, 0.6) is 5.75 Å². The lowest BCUT2D eigenvalue weighted by Crippen LogP contribution is -2.32. The molecule has 0 aliphatic heterocycles. The van der Waals surface area contributed by atoms with E-state index in [1.807, 2.05) is 29.2 Å². The average molecular weight is 572 g/mol. The number of benzene rings is 3. The lowest BCUT2D eigenvalue weighted by atomic mass is 10.0. The molecule has 0 radical (unpaired) electrons. The van der Waals surface area contributed by atoms with Gasteiger partial charge in [-0.1, -0.05) is 36.4 Å². The first-order chi connectivity index (χ1) is 19.1. The van der Waals surface area contributed by atoms with E-state index in [1.54, 1.807) is 31.2 Å². The second kappa shape index (κ2) is 13.1. The van der Waals surface area contributed by atoms with E-state index in [2.05, 4.69) is 0 Å². The first-order valence-electron chi connectivity index (χ1n) is 12.8. The van der Waals surface area contributed by atoms with Gasteiger partial charge >= 0.3 is 5.97 Å². The molecule has 1 aromatic heterocycles. The Kier molecular flexibility index (Phi) is 9.54. The molecular weight excluding hydrogens is 540 g/mol.